The smallest absolute Gasteiger partial charge is 0.374 e. The molecular formula is C22H21Cl2NO7S. The molecule has 0 fully saturated rings. The van der Waals surface area contributed by atoms with Crippen molar-refractivity contribution in [1.82, 2.24) is 4.72 Å². The van der Waals surface area contributed by atoms with Crippen molar-refractivity contribution in [3.8, 4) is 5.75 Å². The average Bonchev–Trinajstić information content (AvgIpc) is 2.74. The minimum absolute atomic E-state index is 0.0111. The molecule has 0 aliphatic carbocycles. The van der Waals surface area contributed by atoms with Crippen LogP contribution in [-0.2, 0) is 29.1 Å². The second-order valence-corrected chi connectivity index (χ2v) is 9.52. The topological polar surface area (TPSA) is 108 Å². The molecule has 1 aliphatic rings. The SMILES string of the molecule is CCOC(=O)C1=C(C(=O)OCC)C(NS(=O)(=O)c2ccc(C)cc2)c2cc(Cl)cc(Cl)c2O1. The lowest BCUT2D eigenvalue weighted by atomic mass is 9.95. The van der Waals surface area contributed by atoms with Crippen molar-refractivity contribution in [3.05, 3.63) is 68.9 Å². The van der Waals surface area contributed by atoms with Crippen LogP contribution in [0.3, 0.4) is 0 Å². The van der Waals surface area contributed by atoms with Crippen molar-refractivity contribution >= 4 is 45.2 Å². The Morgan fingerprint density at radius 3 is 2.24 bits per heavy atom. The van der Waals surface area contributed by atoms with Gasteiger partial charge in [0.1, 0.15) is 5.57 Å². The molecule has 0 aromatic heterocycles. The summed E-state index contributed by atoms with van der Waals surface area (Å²) in [6, 6.07) is 7.47. The predicted octanol–water partition coefficient (Wildman–Crippen LogP) is 4.09. The number of carbonyl (C=O) groups excluding carboxylic acids is 2. The number of sulfonamides is 1. The minimum Gasteiger partial charge on any atom is -0.462 e. The molecule has 8 nitrogen and oxygen atoms in total. The zero-order chi connectivity index (χ0) is 24.3. The van der Waals surface area contributed by atoms with Crippen LogP contribution in [-0.4, -0.2) is 33.6 Å². The second kappa shape index (κ2) is 10.1. The molecule has 1 N–H and O–H groups in total. The number of halogens is 2. The highest BCUT2D eigenvalue weighted by molar-refractivity contribution is 7.89. The summed E-state index contributed by atoms with van der Waals surface area (Å²) in [5.41, 5.74) is 0.622. The molecule has 2 aromatic carbocycles. The number of esters is 2. The molecule has 11 heteroatoms. The van der Waals surface area contributed by atoms with Gasteiger partial charge >= 0.3 is 11.9 Å². The van der Waals surface area contributed by atoms with Gasteiger partial charge in [-0.1, -0.05) is 40.9 Å². The van der Waals surface area contributed by atoms with Crippen LogP contribution in [0.15, 0.2) is 52.6 Å². The summed E-state index contributed by atoms with van der Waals surface area (Å²) in [6.45, 7) is 4.92. The molecule has 33 heavy (non-hydrogen) atoms. The van der Waals surface area contributed by atoms with Gasteiger partial charge in [-0.3, -0.25) is 0 Å². The summed E-state index contributed by atoms with van der Waals surface area (Å²) in [7, 11) is -4.17. The summed E-state index contributed by atoms with van der Waals surface area (Å²) in [6.07, 6.45) is 0. The average molecular weight is 514 g/mol. The monoisotopic (exact) mass is 513 g/mol. The highest BCUT2D eigenvalue weighted by Gasteiger charge is 2.41. The summed E-state index contributed by atoms with van der Waals surface area (Å²) >= 11 is 12.4. The van der Waals surface area contributed by atoms with Crippen molar-refractivity contribution in [2.75, 3.05) is 13.2 Å². The van der Waals surface area contributed by atoms with Gasteiger partial charge in [-0.2, -0.15) is 4.72 Å². The van der Waals surface area contributed by atoms with Crippen molar-refractivity contribution < 1.29 is 32.2 Å². The third-order valence-corrected chi connectivity index (χ3v) is 6.58. The Bertz CT molecular complexity index is 1220. The predicted molar refractivity (Wildman–Crippen MR) is 122 cm³/mol. The largest absolute Gasteiger partial charge is 0.462 e. The van der Waals surface area contributed by atoms with E-state index in [9.17, 15) is 18.0 Å². The Kier molecular flexibility index (Phi) is 7.69. The molecule has 0 saturated heterocycles. The van der Waals surface area contributed by atoms with Gasteiger partial charge in [0.05, 0.1) is 29.2 Å². The number of carbonyl (C=O) groups is 2. The third kappa shape index (κ3) is 5.33. The Morgan fingerprint density at radius 1 is 1.03 bits per heavy atom. The van der Waals surface area contributed by atoms with Crippen LogP contribution >= 0.6 is 23.2 Å². The van der Waals surface area contributed by atoms with E-state index in [0.717, 1.165) is 5.56 Å². The molecule has 2 aromatic rings. The Hall–Kier alpha value is -2.59. The number of fused-ring (bicyclic) bond motifs is 1. The fourth-order valence-corrected chi connectivity index (χ4v) is 4.91. The van der Waals surface area contributed by atoms with Crippen LogP contribution in [0.2, 0.25) is 10.0 Å². The van der Waals surface area contributed by atoms with Gasteiger partial charge in [0.2, 0.25) is 15.8 Å². The zero-order valence-electron chi connectivity index (χ0n) is 18.0. The van der Waals surface area contributed by atoms with Gasteiger partial charge in [-0.15, -0.1) is 0 Å². The van der Waals surface area contributed by atoms with Gasteiger partial charge in [0.15, 0.2) is 5.75 Å². The first-order valence-corrected chi connectivity index (χ1v) is 12.2. The molecule has 0 spiro atoms. The lowest BCUT2D eigenvalue weighted by Crippen LogP contribution is -2.37. The van der Waals surface area contributed by atoms with Crippen LogP contribution in [0.4, 0.5) is 0 Å². The second-order valence-electron chi connectivity index (χ2n) is 6.96. The number of aryl methyl sites for hydroxylation is 1. The number of hydrogen-bond donors (Lipinski definition) is 1. The van der Waals surface area contributed by atoms with Crippen molar-refractivity contribution in [3.63, 3.8) is 0 Å². The first-order valence-electron chi connectivity index (χ1n) is 9.93. The van der Waals surface area contributed by atoms with Crippen LogP contribution in [0.5, 0.6) is 5.75 Å². The van der Waals surface area contributed by atoms with E-state index in [1.54, 1.807) is 26.0 Å². The van der Waals surface area contributed by atoms with Gasteiger partial charge < -0.3 is 14.2 Å². The van der Waals surface area contributed by atoms with Crippen LogP contribution in [0, 0.1) is 6.92 Å². The summed E-state index contributed by atoms with van der Waals surface area (Å²) in [5, 5.41) is 0.186. The quantitative estimate of drug-likeness (QED) is 0.555. The van der Waals surface area contributed by atoms with Crippen molar-refractivity contribution in [2.45, 2.75) is 31.7 Å². The van der Waals surface area contributed by atoms with E-state index in [-0.39, 0.29) is 45.0 Å². The highest BCUT2D eigenvalue weighted by Crippen LogP contribution is 2.44. The normalized spacial score (nSPS) is 15.5. The third-order valence-electron chi connectivity index (χ3n) is 4.65. The van der Waals surface area contributed by atoms with E-state index < -0.39 is 33.8 Å². The van der Waals surface area contributed by atoms with E-state index in [1.807, 2.05) is 6.92 Å². The number of hydrogen-bond acceptors (Lipinski definition) is 7. The number of rotatable bonds is 7. The van der Waals surface area contributed by atoms with Gasteiger partial charge in [0, 0.05) is 10.6 Å². The Labute approximate surface area is 201 Å². The van der Waals surface area contributed by atoms with Gasteiger partial charge in [0.25, 0.3) is 0 Å². The maximum atomic E-state index is 13.2. The fraction of sp³-hybridized carbons (Fsp3) is 0.273. The lowest BCUT2D eigenvalue weighted by Gasteiger charge is -2.30. The van der Waals surface area contributed by atoms with E-state index in [1.165, 1.54) is 24.3 Å². The highest BCUT2D eigenvalue weighted by atomic mass is 35.5. The molecule has 176 valence electrons. The summed E-state index contributed by atoms with van der Waals surface area (Å²) in [4.78, 5) is 25.5. The van der Waals surface area contributed by atoms with Crippen molar-refractivity contribution in [2.24, 2.45) is 0 Å². The molecule has 0 bridgehead atoms. The summed E-state index contributed by atoms with van der Waals surface area (Å²) < 4.78 is 44.7. The van der Waals surface area contributed by atoms with Crippen LogP contribution in [0.25, 0.3) is 0 Å². The molecule has 0 saturated carbocycles. The standard InChI is InChI=1S/C22H21Cl2NO7S/c1-4-30-21(26)17-18(25-33(28,29)14-8-6-12(3)7-9-14)15-10-13(23)11-16(24)19(15)32-20(17)22(27)31-5-2/h6-11,18,25H,4-5H2,1-3H3. The number of ether oxygens (including phenoxy) is 3. The molecule has 0 radical (unpaired) electrons. The Balaban J connectivity index is 2.23. The van der Waals surface area contributed by atoms with Crippen LogP contribution in [0.1, 0.15) is 31.0 Å². The Morgan fingerprint density at radius 2 is 1.64 bits per heavy atom. The molecule has 1 heterocycles. The molecule has 1 atom stereocenters. The van der Waals surface area contributed by atoms with E-state index in [4.69, 9.17) is 37.4 Å². The maximum Gasteiger partial charge on any atom is 0.374 e. The first kappa shape index (κ1) is 25.0. The van der Waals surface area contributed by atoms with Gasteiger partial charge in [-0.25, -0.2) is 18.0 Å². The number of nitrogens with one attached hydrogen (secondary N) is 1. The molecular weight excluding hydrogens is 493 g/mol. The summed E-state index contributed by atoms with van der Waals surface area (Å²) in [5.74, 6) is -2.49. The number of benzene rings is 2. The first-order chi connectivity index (χ1) is 15.6. The molecule has 1 aliphatic heterocycles. The van der Waals surface area contributed by atoms with E-state index in [0.29, 0.717) is 0 Å². The van der Waals surface area contributed by atoms with Gasteiger partial charge in [-0.05, 0) is 45.0 Å². The zero-order valence-corrected chi connectivity index (χ0v) is 20.3. The minimum atomic E-state index is -4.17. The fourth-order valence-electron chi connectivity index (χ4n) is 3.18. The van der Waals surface area contributed by atoms with E-state index >= 15 is 0 Å². The van der Waals surface area contributed by atoms with Crippen molar-refractivity contribution in [1.29, 1.82) is 0 Å². The molecule has 1 unspecified atom stereocenters. The lowest BCUT2D eigenvalue weighted by molar-refractivity contribution is -0.144. The molecule has 3 rings (SSSR count). The van der Waals surface area contributed by atoms with E-state index in [2.05, 4.69) is 4.72 Å². The maximum absolute atomic E-state index is 13.2. The molecule has 0 amide bonds. The van der Waals surface area contributed by atoms with Crippen LogP contribution < -0.4 is 9.46 Å².